The molecular formula is C12H10Br2N2. The molecule has 0 atom stereocenters. The summed E-state index contributed by atoms with van der Waals surface area (Å²) in [5.74, 6) is 0.738. The Morgan fingerprint density at radius 3 is 2.25 bits per heavy atom. The van der Waals surface area contributed by atoms with Crippen LogP contribution in [0.15, 0.2) is 33.5 Å². The molecule has 2 rings (SSSR count). The van der Waals surface area contributed by atoms with Gasteiger partial charge in [-0.25, -0.2) is 9.97 Å². The molecule has 0 N–H and O–H groups in total. The van der Waals surface area contributed by atoms with Gasteiger partial charge in [0.2, 0.25) is 0 Å². The van der Waals surface area contributed by atoms with Gasteiger partial charge in [0, 0.05) is 11.6 Å². The molecule has 4 heteroatoms. The van der Waals surface area contributed by atoms with Gasteiger partial charge in [0.25, 0.3) is 0 Å². The number of benzene rings is 1. The molecule has 0 amide bonds. The van der Waals surface area contributed by atoms with Crippen LogP contribution >= 0.6 is 31.9 Å². The summed E-state index contributed by atoms with van der Waals surface area (Å²) in [5, 5.41) is 0. The second-order valence-electron chi connectivity index (χ2n) is 3.58. The van der Waals surface area contributed by atoms with E-state index in [-0.39, 0.29) is 0 Å². The number of rotatable bonds is 1. The standard InChI is InChI=1S/C12H10Br2N2/c1-7-4-3-5-9(8(7)2)12-15-10(13)6-11(14)16-12/h3-6H,1-2H3. The van der Waals surface area contributed by atoms with E-state index in [1.54, 1.807) is 0 Å². The van der Waals surface area contributed by atoms with Gasteiger partial charge in [0.15, 0.2) is 5.82 Å². The monoisotopic (exact) mass is 340 g/mol. The summed E-state index contributed by atoms with van der Waals surface area (Å²) in [6, 6.07) is 7.98. The maximum Gasteiger partial charge on any atom is 0.161 e. The molecule has 16 heavy (non-hydrogen) atoms. The van der Waals surface area contributed by atoms with Gasteiger partial charge < -0.3 is 0 Å². The van der Waals surface area contributed by atoms with E-state index in [0.717, 1.165) is 20.6 Å². The van der Waals surface area contributed by atoms with Crippen molar-refractivity contribution < 1.29 is 0 Å². The zero-order valence-corrected chi connectivity index (χ0v) is 12.1. The van der Waals surface area contributed by atoms with Crippen LogP contribution in [0.3, 0.4) is 0 Å². The van der Waals surface area contributed by atoms with Crippen LogP contribution in [0.1, 0.15) is 11.1 Å². The van der Waals surface area contributed by atoms with E-state index in [4.69, 9.17) is 0 Å². The Bertz CT molecular complexity index is 518. The summed E-state index contributed by atoms with van der Waals surface area (Å²) in [4.78, 5) is 8.76. The van der Waals surface area contributed by atoms with Crippen molar-refractivity contribution in [3.05, 3.63) is 44.6 Å². The fourth-order valence-electron chi connectivity index (χ4n) is 1.50. The first-order chi connectivity index (χ1) is 7.58. The Kier molecular flexibility index (Phi) is 3.40. The second-order valence-corrected chi connectivity index (χ2v) is 5.21. The van der Waals surface area contributed by atoms with E-state index in [1.807, 2.05) is 18.2 Å². The van der Waals surface area contributed by atoms with E-state index in [2.05, 4.69) is 61.7 Å². The Hall–Kier alpha value is -0.740. The van der Waals surface area contributed by atoms with Gasteiger partial charge in [-0.05, 0) is 56.8 Å². The highest BCUT2D eigenvalue weighted by molar-refractivity contribution is 9.11. The molecule has 0 radical (unpaired) electrons. The van der Waals surface area contributed by atoms with Gasteiger partial charge in [0.1, 0.15) is 9.21 Å². The van der Waals surface area contributed by atoms with Gasteiger partial charge in [-0.15, -0.1) is 0 Å². The van der Waals surface area contributed by atoms with E-state index in [0.29, 0.717) is 0 Å². The molecule has 1 heterocycles. The Morgan fingerprint density at radius 1 is 1.00 bits per heavy atom. The zero-order chi connectivity index (χ0) is 11.7. The van der Waals surface area contributed by atoms with E-state index in [1.165, 1.54) is 11.1 Å². The van der Waals surface area contributed by atoms with Crippen molar-refractivity contribution in [3.63, 3.8) is 0 Å². The van der Waals surface area contributed by atoms with E-state index >= 15 is 0 Å². The average molecular weight is 342 g/mol. The van der Waals surface area contributed by atoms with Crippen LogP contribution < -0.4 is 0 Å². The van der Waals surface area contributed by atoms with Gasteiger partial charge in [-0.3, -0.25) is 0 Å². The second kappa shape index (κ2) is 4.63. The third-order valence-electron chi connectivity index (χ3n) is 2.51. The van der Waals surface area contributed by atoms with Crippen molar-refractivity contribution in [1.82, 2.24) is 9.97 Å². The Labute approximate surface area is 111 Å². The van der Waals surface area contributed by atoms with Crippen LogP contribution in [0.5, 0.6) is 0 Å². The van der Waals surface area contributed by atoms with Crippen LogP contribution in [0, 0.1) is 13.8 Å². The van der Waals surface area contributed by atoms with Gasteiger partial charge in [0.05, 0.1) is 0 Å². The predicted molar refractivity (Wildman–Crippen MR) is 72.3 cm³/mol. The molecule has 0 aliphatic carbocycles. The number of halogens is 2. The summed E-state index contributed by atoms with van der Waals surface area (Å²) in [6.45, 7) is 4.18. The van der Waals surface area contributed by atoms with Gasteiger partial charge >= 0.3 is 0 Å². The predicted octanol–water partition coefficient (Wildman–Crippen LogP) is 4.29. The molecule has 0 aliphatic heterocycles. The first kappa shape index (κ1) is 11.7. The number of hydrogen-bond donors (Lipinski definition) is 0. The fraction of sp³-hybridized carbons (Fsp3) is 0.167. The normalized spacial score (nSPS) is 10.5. The largest absolute Gasteiger partial charge is 0.221 e. The van der Waals surface area contributed by atoms with Crippen molar-refractivity contribution in [2.45, 2.75) is 13.8 Å². The molecule has 0 unspecified atom stereocenters. The van der Waals surface area contributed by atoms with Crippen LogP contribution in [-0.4, -0.2) is 9.97 Å². The molecule has 1 aromatic heterocycles. The molecule has 2 aromatic rings. The first-order valence-corrected chi connectivity index (χ1v) is 6.43. The summed E-state index contributed by atoms with van der Waals surface area (Å²) < 4.78 is 1.57. The Morgan fingerprint density at radius 2 is 1.62 bits per heavy atom. The summed E-state index contributed by atoms with van der Waals surface area (Å²) in [7, 11) is 0. The highest BCUT2D eigenvalue weighted by atomic mass is 79.9. The SMILES string of the molecule is Cc1cccc(-c2nc(Br)cc(Br)n2)c1C. The van der Waals surface area contributed by atoms with Crippen LogP contribution in [0.4, 0.5) is 0 Å². The number of hydrogen-bond acceptors (Lipinski definition) is 2. The lowest BCUT2D eigenvalue weighted by Gasteiger charge is -2.07. The van der Waals surface area contributed by atoms with Gasteiger partial charge in [-0.1, -0.05) is 18.2 Å². The molecule has 0 saturated carbocycles. The van der Waals surface area contributed by atoms with Crippen molar-refractivity contribution >= 4 is 31.9 Å². The van der Waals surface area contributed by atoms with Crippen LogP contribution in [0.25, 0.3) is 11.4 Å². The highest BCUT2D eigenvalue weighted by Crippen LogP contribution is 2.25. The third kappa shape index (κ3) is 2.33. The lowest BCUT2D eigenvalue weighted by Crippen LogP contribution is -1.94. The minimum Gasteiger partial charge on any atom is -0.221 e. The molecule has 0 spiro atoms. The number of aromatic nitrogens is 2. The number of aryl methyl sites for hydroxylation is 1. The molecule has 0 aliphatic rings. The smallest absolute Gasteiger partial charge is 0.161 e. The van der Waals surface area contributed by atoms with Crippen LogP contribution in [-0.2, 0) is 0 Å². The molecular weight excluding hydrogens is 332 g/mol. The Balaban J connectivity index is 2.63. The molecule has 0 saturated heterocycles. The van der Waals surface area contributed by atoms with Gasteiger partial charge in [-0.2, -0.15) is 0 Å². The van der Waals surface area contributed by atoms with Crippen molar-refractivity contribution in [1.29, 1.82) is 0 Å². The van der Waals surface area contributed by atoms with Crippen molar-refractivity contribution in [2.75, 3.05) is 0 Å². The van der Waals surface area contributed by atoms with Crippen LogP contribution in [0.2, 0.25) is 0 Å². The zero-order valence-electron chi connectivity index (χ0n) is 8.96. The minimum atomic E-state index is 0.738. The maximum absolute atomic E-state index is 4.38. The minimum absolute atomic E-state index is 0.738. The molecule has 0 bridgehead atoms. The average Bonchev–Trinajstić information content (AvgIpc) is 2.20. The van der Waals surface area contributed by atoms with E-state index < -0.39 is 0 Å². The van der Waals surface area contributed by atoms with E-state index in [9.17, 15) is 0 Å². The summed E-state index contributed by atoms with van der Waals surface area (Å²) in [5.41, 5.74) is 3.53. The molecule has 2 nitrogen and oxygen atoms in total. The van der Waals surface area contributed by atoms with Crippen molar-refractivity contribution in [2.24, 2.45) is 0 Å². The maximum atomic E-state index is 4.38. The highest BCUT2D eigenvalue weighted by Gasteiger charge is 2.08. The fourth-order valence-corrected chi connectivity index (χ4v) is 2.58. The molecule has 1 aromatic carbocycles. The first-order valence-electron chi connectivity index (χ1n) is 4.84. The van der Waals surface area contributed by atoms with Crippen molar-refractivity contribution in [3.8, 4) is 11.4 Å². The topological polar surface area (TPSA) is 25.8 Å². The third-order valence-corrected chi connectivity index (χ3v) is 3.32. The lowest BCUT2D eigenvalue weighted by molar-refractivity contribution is 1.11. The summed E-state index contributed by atoms with van der Waals surface area (Å²) in [6.07, 6.45) is 0. The molecule has 82 valence electrons. The molecule has 0 fully saturated rings. The quantitative estimate of drug-likeness (QED) is 0.723. The summed E-state index contributed by atoms with van der Waals surface area (Å²) >= 11 is 6.74. The lowest BCUT2D eigenvalue weighted by atomic mass is 10.0. The number of nitrogens with zero attached hydrogens (tertiary/aromatic N) is 2.